The molecule has 1 N–H and O–H groups in total. The molecule has 2 amide bonds. The maximum absolute atomic E-state index is 13.1. The maximum Gasteiger partial charge on any atom is 0.416 e. The number of nitrogens with zero attached hydrogens (tertiary/aromatic N) is 1. The number of halogens is 3. The predicted octanol–water partition coefficient (Wildman–Crippen LogP) is 2.00. The molecule has 6 nitrogen and oxygen atoms in total. The van der Waals surface area contributed by atoms with E-state index in [4.69, 9.17) is 9.47 Å². The minimum absolute atomic E-state index is 0.0347. The van der Waals surface area contributed by atoms with E-state index in [1.165, 1.54) is 12.1 Å². The van der Waals surface area contributed by atoms with E-state index in [-0.39, 0.29) is 12.1 Å². The van der Waals surface area contributed by atoms with Gasteiger partial charge in [0.2, 0.25) is 5.91 Å². The summed E-state index contributed by atoms with van der Waals surface area (Å²) in [5.74, 6) is 0.262. The number of amides is 2. The van der Waals surface area contributed by atoms with E-state index in [0.717, 1.165) is 33.1 Å². The van der Waals surface area contributed by atoms with Gasteiger partial charge in [-0.1, -0.05) is 6.07 Å². The summed E-state index contributed by atoms with van der Waals surface area (Å²) in [4.78, 5) is 27.5. The number of carbonyl (C=O) groups excluding carboxylic acids is 2. The van der Waals surface area contributed by atoms with Gasteiger partial charge < -0.3 is 14.4 Å². The number of alkyl halides is 3. The number of carbonyl (C=O) groups is 2. The van der Waals surface area contributed by atoms with Crippen LogP contribution in [0.1, 0.15) is 23.1 Å². The van der Waals surface area contributed by atoms with E-state index in [1.54, 1.807) is 14.2 Å². The Morgan fingerprint density at radius 1 is 1.03 bits per heavy atom. The molecule has 164 valence electrons. The average Bonchev–Trinajstić information content (AvgIpc) is 3.05. The van der Waals surface area contributed by atoms with Crippen molar-refractivity contribution in [2.75, 3.05) is 25.7 Å². The summed E-state index contributed by atoms with van der Waals surface area (Å²) in [6, 6.07) is 7.47. The van der Waals surface area contributed by atoms with Gasteiger partial charge in [0.05, 0.1) is 38.4 Å². The Balaban J connectivity index is 1.58. The lowest BCUT2D eigenvalue weighted by molar-refractivity contribution is -0.930. The van der Waals surface area contributed by atoms with Crippen LogP contribution in [0.3, 0.4) is 0 Å². The molecule has 0 aliphatic carbocycles. The number of quaternary nitrogens is 1. The van der Waals surface area contributed by atoms with E-state index >= 15 is 0 Å². The summed E-state index contributed by atoms with van der Waals surface area (Å²) >= 11 is 0. The average molecular weight is 435 g/mol. The molecule has 4 rings (SSSR count). The zero-order chi connectivity index (χ0) is 22.3. The fourth-order valence-corrected chi connectivity index (χ4v) is 4.33. The Morgan fingerprint density at radius 2 is 1.71 bits per heavy atom. The van der Waals surface area contributed by atoms with Gasteiger partial charge in [-0.15, -0.1) is 0 Å². The number of fused-ring (bicyclic) bond motifs is 1. The zero-order valence-corrected chi connectivity index (χ0v) is 17.1. The normalized spacial score (nSPS) is 21.3. The van der Waals surface area contributed by atoms with Gasteiger partial charge in [-0.2, -0.15) is 13.2 Å². The molecule has 9 heteroatoms. The summed E-state index contributed by atoms with van der Waals surface area (Å²) in [6.07, 6.45) is -3.90. The third-order valence-corrected chi connectivity index (χ3v) is 5.91. The highest BCUT2D eigenvalue weighted by Crippen LogP contribution is 2.34. The lowest BCUT2D eigenvalue weighted by Crippen LogP contribution is -3.16. The van der Waals surface area contributed by atoms with Gasteiger partial charge in [0.15, 0.2) is 17.5 Å². The van der Waals surface area contributed by atoms with Crippen molar-refractivity contribution in [3.8, 4) is 11.5 Å². The molecule has 1 unspecified atom stereocenters. The van der Waals surface area contributed by atoms with E-state index in [0.29, 0.717) is 31.0 Å². The second-order valence-corrected chi connectivity index (χ2v) is 7.68. The molecule has 0 radical (unpaired) electrons. The van der Waals surface area contributed by atoms with Gasteiger partial charge >= 0.3 is 6.18 Å². The Bertz CT molecular complexity index is 1040. The Morgan fingerprint density at radius 3 is 2.35 bits per heavy atom. The summed E-state index contributed by atoms with van der Waals surface area (Å²) in [6.45, 7) is 1.14. The Labute approximate surface area is 177 Å². The first-order valence-electron chi connectivity index (χ1n) is 9.85. The molecule has 1 saturated heterocycles. The van der Waals surface area contributed by atoms with Crippen LogP contribution in [0.4, 0.5) is 18.9 Å². The van der Waals surface area contributed by atoms with Gasteiger partial charge in [0, 0.05) is 12.0 Å². The first kappa shape index (κ1) is 21.2. The molecule has 2 aromatic carbocycles. The van der Waals surface area contributed by atoms with E-state index in [1.807, 2.05) is 12.1 Å². The first-order chi connectivity index (χ1) is 14.7. The van der Waals surface area contributed by atoms with Crippen LogP contribution < -0.4 is 19.3 Å². The summed E-state index contributed by atoms with van der Waals surface area (Å²) < 4.78 is 49.9. The highest BCUT2D eigenvalue weighted by molar-refractivity contribution is 6.21. The lowest BCUT2D eigenvalue weighted by atomic mass is 9.97. The Hall–Kier alpha value is -3.07. The number of ether oxygens (including phenoxy) is 2. The zero-order valence-electron chi connectivity index (χ0n) is 17.1. The number of hydrogen-bond donors (Lipinski definition) is 1. The summed E-state index contributed by atoms with van der Waals surface area (Å²) in [5, 5.41) is 0. The van der Waals surface area contributed by atoms with Crippen molar-refractivity contribution in [1.29, 1.82) is 0 Å². The molecule has 2 aliphatic heterocycles. The molecule has 0 saturated carbocycles. The Kier molecular flexibility index (Phi) is 5.38. The van der Waals surface area contributed by atoms with Crippen molar-refractivity contribution in [3.05, 3.63) is 53.1 Å². The molecule has 2 heterocycles. The minimum Gasteiger partial charge on any atom is -0.493 e. The topological polar surface area (TPSA) is 60.3 Å². The number of methoxy groups -OCH3 is 2. The maximum atomic E-state index is 13.1. The second-order valence-electron chi connectivity index (χ2n) is 7.68. The molecule has 2 aliphatic rings. The molecule has 2 atom stereocenters. The quantitative estimate of drug-likeness (QED) is 0.747. The molecule has 2 aromatic rings. The molecular formula is C22H22F3N2O4+. The van der Waals surface area contributed by atoms with Crippen molar-refractivity contribution in [3.63, 3.8) is 0 Å². The minimum atomic E-state index is -4.55. The van der Waals surface area contributed by atoms with E-state index in [9.17, 15) is 22.8 Å². The molecule has 0 aromatic heterocycles. The predicted molar refractivity (Wildman–Crippen MR) is 105 cm³/mol. The van der Waals surface area contributed by atoms with Crippen molar-refractivity contribution < 1.29 is 37.1 Å². The van der Waals surface area contributed by atoms with Crippen molar-refractivity contribution in [2.24, 2.45) is 0 Å². The van der Waals surface area contributed by atoms with E-state index in [2.05, 4.69) is 0 Å². The molecule has 0 bridgehead atoms. The van der Waals surface area contributed by atoms with Gasteiger partial charge in [0.1, 0.15) is 6.54 Å². The monoisotopic (exact) mass is 435 g/mol. The largest absolute Gasteiger partial charge is 0.493 e. The number of nitrogens with one attached hydrogen (secondary N) is 1. The van der Waals surface area contributed by atoms with Crippen LogP contribution >= 0.6 is 0 Å². The fraction of sp³-hybridized carbons (Fsp3) is 0.364. The first-order valence-corrected chi connectivity index (χ1v) is 9.85. The van der Waals surface area contributed by atoms with Crippen LogP contribution in [0.15, 0.2) is 36.4 Å². The third-order valence-electron chi connectivity index (χ3n) is 5.91. The van der Waals surface area contributed by atoms with Crippen LogP contribution in [0.2, 0.25) is 0 Å². The van der Waals surface area contributed by atoms with Crippen LogP contribution in [0, 0.1) is 0 Å². The highest BCUT2D eigenvalue weighted by atomic mass is 19.4. The summed E-state index contributed by atoms with van der Waals surface area (Å²) in [5.41, 5.74) is 1.15. The molecular weight excluding hydrogens is 413 g/mol. The third kappa shape index (κ3) is 3.85. The molecule has 31 heavy (non-hydrogen) atoms. The van der Waals surface area contributed by atoms with Gasteiger partial charge in [-0.25, -0.2) is 4.90 Å². The molecule has 1 fully saturated rings. The number of rotatable bonds is 4. The van der Waals surface area contributed by atoms with E-state index < -0.39 is 29.6 Å². The van der Waals surface area contributed by atoms with Crippen LogP contribution in [0.25, 0.3) is 0 Å². The fourth-order valence-electron chi connectivity index (χ4n) is 4.33. The van der Waals surface area contributed by atoms with Crippen LogP contribution in [0.5, 0.6) is 11.5 Å². The van der Waals surface area contributed by atoms with Crippen molar-refractivity contribution in [2.45, 2.75) is 31.6 Å². The number of benzene rings is 2. The van der Waals surface area contributed by atoms with Gasteiger partial charge in [-0.3, -0.25) is 9.59 Å². The van der Waals surface area contributed by atoms with Crippen molar-refractivity contribution in [1.82, 2.24) is 0 Å². The van der Waals surface area contributed by atoms with Gasteiger partial charge in [0.25, 0.3) is 5.91 Å². The lowest BCUT2D eigenvalue weighted by Gasteiger charge is -2.30. The smallest absolute Gasteiger partial charge is 0.416 e. The second kappa shape index (κ2) is 7.88. The number of hydrogen-bond acceptors (Lipinski definition) is 4. The number of anilines is 1. The van der Waals surface area contributed by atoms with Crippen LogP contribution in [-0.2, 0) is 28.7 Å². The standard InChI is InChI=1S/C22H21F3N2O4/c1-30-18-8-13-6-7-26(12-14(13)9-19(18)31-2)17-11-20(28)27(21(17)29)16-5-3-4-15(10-16)22(23,24)25/h3-5,8-10,17H,6-7,11-12H2,1-2H3/p+1/t17-/m1/s1. The highest BCUT2D eigenvalue weighted by Gasteiger charge is 2.47. The SMILES string of the molecule is COc1cc2c(cc1OC)C[NH+]([C@@H]1CC(=O)N(c3cccc(C(F)(F)F)c3)C1=O)CC2. The van der Waals surface area contributed by atoms with Crippen molar-refractivity contribution >= 4 is 17.5 Å². The summed E-state index contributed by atoms with van der Waals surface area (Å²) in [7, 11) is 3.11. The molecule has 0 spiro atoms. The van der Waals surface area contributed by atoms with Crippen LogP contribution in [-0.4, -0.2) is 38.6 Å². The number of imide groups is 1. The van der Waals surface area contributed by atoms with Gasteiger partial charge in [-0.05, 0) is 35.9 Å².